The number of hydrogen-bond donors (Lipinski definition) is 1. The van der Waals surface area contributed by atoms with Gasteiger partial charge in [-0.1, -0.05) is 61.2 Å². The smallest absolute Gasteiger partial charge is 0.206 e. The number of carbonyl (C=O) groups excluding carboxylic acids is 1. The van der Waals surface area contributed by atoms with Crippen LogP contribution in [0.1, 0.15) is 42.1 Å². The summed E-state index contributed by atoms with van der Waals surface area (Å²) in [6, 6.07) is 7.94. The monoisotopic (exact) mass is 365 g/mol. The third kappa shape index (κ3) is 5.58. The van der Waals surface area contributed by atoms with Gasteiger partial charge in [-0.25, -0.2) is 0 Å². The minimum atomic E-state index is 0.111. The van der Waals surface area contributed by atoms with E-state index in [2.05, 4.69) is 41.5 Å². The van der Waals surface area contributed by atoms with Gasteiger partial charge in [0.1, 0.15) is 0 Å². The van der Waals surface area contributed by atoms with Crippen LogP contribution >= 0.6 is 23.1 Å². The fourth-order valence-corrected chi connectivity index (χ4v) is 3.72. The second-order valence-corrected chi connectivity index (χ2v) is 7.64. The van der Waals surface area contributed by atoms with Gasteiger partial charge in [-0.3, -0.25) is 4.79 Å². The van der Waals surface area contributed by atoms with Crippen molar-refractivity contribution in [2.24, 2.45) is 0 Å². The summed E-state index contributed by atoms with van der Waals surface area (Å²) in [4.78, 5) is 12.3. The molecule has 1 N–H and O–H groups in total. The van der Waals surface area contributed by atoms with Crippen LogP contribution in [-0.4, -0.2) is 42.0 Å². The van der Waals surface area contributed by atoms with Crippen molar-refractivity contribution in [3.05, 3.63) is 35.4 Å². The van der Waals surface area contributed by atoms with Gasteiger partial charge in [0, 0.05) is 19.2 Å². The highest BCUT2D eigenvalue weighted by Gasteiger charge is 2.11. The molecule has 0 saturated heterocycles. The predicted octanol–water partition coefficient (Wildman–Crippen LogP) is 4.08. The van der Waals surface area contributed by atoms with E-state index in [1.807, 2.05) is 12.1 Å². The molecule has 0 amide bonds. The Kier molecular flexibility index (Phi) is 7.68. The van der Waals surface area contributed by atoms with Crippen molar-refractivity contribution >= 4 is 34.0 Å². The average molecular weight is 366 g/mol. The summed E-state index contributed by atoms with van der Waals surface area (Å²) in [6.45, 7) is 5.67. The SMILES string of the molecule is CCC(C)c1ccc(C(=O)CSc2nnc(NCCOC)s2)cc1. The number of aromatic nitrogens is 2. The van der Waals surface area contributed by atoms with E-state index in [-0.39, 0.29) is 5.78 Å². The number of thioether (sulfide) groups is 1. The topological polar surface area (TPSA) is 64.1 Å². The van der Waals surface area contributed by atoms with Crippen molar-refractivity contribution in [2.45, 2.75) is 30.5 Å². The molecule has 130 valence electrons. The number of ether oxygens (including phenoxy) is 1. The zero-order chi connectivity index (χ0) is 17.4. The Hall–Kier alpha value is -1.44. The summed E-state index contributed by atoms with van der Waals surface area (Å²) in [7, 11) is 1.66. The number of hydrogen-bond acceptors (Lipinski definition) is 7. The van der Waals surface area contributed by atoms with Crippen molar-refractivity contribution in [1.82, 2.24) is 10.2 Å². The highest BCUT2D eigenvalue weighted by molar-refractivity contribution is 8.01. The fourth-order valence-electron chi connectivity index (χ4n) is 2.04. The van der Waals surface area contributed by atoms with Crippen LogP contribution in [0.3, 0.4) is 0 Å². The van der Waals surface area contributed by atoms with Gasteiger partial charge < -0.3 is 10.1 Å². The Bertz CT molecular complexity index is 644. The van der Waals surface area contributed by atoms with E-state index in [0.29, 0.717) is 24.8 Å². The fraction of sp³-hybridized carbons (Fsp3) is 0.471. The van der Waals surface area contributed by atoms with Gasteiger partial charge in [0.25, 0.3) is 0 Å². The van der Waals surface area contributed by atoms with Gasteiger partial charge >= 0.3 is 0 Å². The van der Waals surface area contributed by atoms with Crippen LogP contribution in [0.4, 0.5) is 5.13 Å². The molecule has 1 unspecified atom stereocenters. The van der Waals surface area contributed by atoms with Gasteiger partial charge in [0.2, 0.25) is 5.13 Å². The predicted molar refractivity (Wildman–Crippen MR) is 100 cm³/mol. The first-order chi connectivity index (χ1) is 11.6. The van der Waals surface area contributed by atoms with E-state index in [4.69, 9.17) is 4.74 Å². The summed E-state index contributed by atoms with van der Waals surface area (Å²) < 4.78 is 5.76. The lowest BCUT2D eigenvalue weighted by Crippen LogP contribution is -2.06. The maximum Gasteiger partial charge on any atom is 0.206 e. The van der Waals surface area contributed by atoms with E-state index in [0.717, 1.165) is 21.5 Å². The molecule has 5 nitrogen and oxygen atoms in total. The normalized spacial score (nSPS) is 12.1. The van der Waals surface area contributed by atoms with Gasteiger partial charge in [-0.05, 0) is 17.9 Å². The molecular formula is C17H23N3O2S2. The molecule has 1 aromatic carbocycles. The first-order valence-corrected chi connectivity index (χ1v) is 9.76. The number of methoxy groups -OCH3 is 1. The number of rotatable bonds is 10. The van der Waals surface area contributed by atoms with Crippen LogP contribution in [0.2, 0.25) is 0 Å². The Morgan fingerprint density at radius 1 is 1.33 bits per heavy atom. The number of Topliss-reactive ketones (excluding diaryl/α,β-unsaturated/α-hetero) is 1. The zero-order valence-corrected chi connectivity index (χ0v) is 15.9. The molecule has 2 rings (SSSR count). The Labute approximate surface area is 151 Å². The molecule has 0 radical (unpaired) electrons. The molecule has 2 aromatic rings. The molecule has 0 saturated carbocycles. The van der Waals surface area contributed by atoms with Crippen molar-refractivity contribution in [3.8, 4) is 0 Å². The number of ketones is 1. The minimum Gasteiger partial charge on any atom is -0.383 e. The highest BCUT2D eigenvalue weighted by Crippen LogP contribution is 2.26. The van der Waals surface area contributed by atoms with Crippen LogP contribution in [0.25, 0.3) is 0 Å². The third-order valence-electron chi connectivity index (χ3n) is 3.73. The second kappa shape index (κ2) is 9.76. The first-order valence-electron chi connectivity index (χ1n) is 7.96. The maximum absolute atomic E-state index is 12.3. The zero-order valence-electron chi connectivity index (χ0n) is 14.2. The number of nitrogens with one attached hydrogen (secondary N) is 1. The summed E-state index contributed by atoms with van der Waals surface area (Å²) >= 11 is 2.87. The van der Waals surface area contributed by atoms with Crippen LogP contribution in [0.15, 0.2) is 28.6 Å². The summed E-state index contributed by atoms with van der Waals surface area (Å²) in [5, 5.41) is 12.0. The summed E-state index contributed by atoms with van der Waals surface area (Å²) in [6.07, 6.45) is 1.10. The first kappa shape index (κ1) is 18.9. The standard InChI is InChI=1S/C17H23N3O2S2/c1-4-12(2)13-5-7-14(8-6-13)15(21)11-23-17-20-19-16(24-17)18-9-10-22-3/h5-8,12H,4,9-11H2,1-3H3,(H,18,19). The summed E-state index contributed by atoms with van der Waals surface area (Å²) in [5.74, 6) is 1.00. The van der Waals surface area contributed by atoms with Crippen LogP contribution in [0, 0.1) is 0 Å². The van der Waals surface area contributed by atoms with E-state index in [9.17, 15) is 4.79 Å². The van der Waals surface area contributed by atoms with Crippen molar-refractivity contribution in [2.75, 3.05) is 31.3 Å². The Balaban J connectivity index is 1.84. The van der Waals surface area contributed by atoms with Gasteiger partial charge in [0.05, 0.1) is 12.4 Å². The second-order valence-electron chi connectivity index (χ2n) is 5.44. The number of carbonyl (C=O) groups is 1. The quantitative estimate of drug-likeness (QED) is 0.389. The van der Waals surface area contributed by atoms with Crippen LogP contribution in [0.5, 0.6) is 0 Å². The lowest BCUT2D eigenvalue weighted by Gasteiger charge is -2.09. The molecule has 0 spiro atoms. The Morgan fingerprint density at radius 2 is 2.08 bits per heavy atom. The number of anilines is 1. The lowest BCUT2D eigenvalue weighted by molar-refractivity contribution is 0.102. The lowest BCUT2D eigenvalue weighted by atomic mass is 9.97. The molecule has 7 heteroatoms. The van der Waals surface area contributed by atoms with E-state index < -0.39 is 0 Å². The van der Waals surface area contributed by atoms with E-state index >= 15 is 0 Å². The summed E-state index contributed by atoms with van der Waals surface area (Å²) in [5.41, 5.74) is 2.02. The van der Waals surface area contributed by atoms with Crippen LogP contribution in [-0.2, 0) is 4.74 Å². The number of benzene rings is 1. The van der Waals surface area contributed by atoms with E-state index in [1.54, 1.807) is 7.11 Å². The molecule has 1 aromatic heterocycles. The highest BCUT2D eigenvalue weighted by atomic mass is 32.2. The molecule has 1 atom stereocenters. The van der Waals surface area contributed by atoms with Gasteiger partial charge in [-0.15, -0.1) is 10.2 Å². The van der Waals surface area contributed by atoms with E-state index in [1.165, 1.54) is 28.7 Å². The minimum absolute atomic E-state index is 0.111. The molecule has 24 heavy (non-hydrogen) atoms. The molecule has 0 aliphatic carbocycles. The molecule has 0 aliphatic heterocycles. The van der Waals surface area contributed by atoms with Crippen LogP contribution < -0.4 is 5.32 Å². The average Bonchev–Trinajstić information content (AvgIpc) is 3.07. The Morgan fingerprint density at radius 3 is 2.75 bits per heavy atom. The van der Waals surface area contributed by atoms with Crippen molar-refractivity contribution in [3.63, 3.8) is 0 Å². The maximum atomic E-state index is 12.3. The molecular weight excluding hydrogens is 342 g/mol. The van der Waals surface area contributed by atoms with Crippen molar-refractivity contribution < 1.29 is 9.53 Å². The van der Waals surface area contributed by atoms with Crippen molar-refractivity contribution in [1.29, 1.82) is 0 Å². The number of nitrogens with zero attached hydrogens (tertiary/aromatic N) is 2. The van der Waals surface area contributed by atoms with Gasteiger partial charge in [0.15, 0.2) is 10.1 Å². The molecule has 1 heterocycles. The molecule has 0 fully saturated rings. The largest absolute Gasteiger partial charge is 0.383 e. The third-order valence-corrected chi connectivity index (χ3v) is 5.74. The van der Waals surface area contributed by atoms with Gasteiger partial charge in [-0.2, -0.15) is 0 Å². The molecule has 0 aliphatic rings. The molecule has 0 bridgehead atoms.